The molecular weight excluding hydrogens is 262 g/mol. The molecular formula is C13H17N3O4. The highest BCUT2D eigenvalue weighted by molar-refractivity contribution is 6.00. The molecule has 2 N–H and O–H groups in total. The number of anilines is 1. The zero-order valence-corrected chi connectivity index (χ0v) is 11.2. The first-order valence-corrected chi connectivity index (χ1v) is 6.41. The standard InChI is InChI=1S/C13H17N3O4/c1-9(13(18)19)15-12(17)10-3-2-4-14-11(10)16-5-7-20-8-6-16/h2-4,9H,5-8H2,1H3,(H,15,17)(H,18,19)/t9-/m0/s1. The summed E-state index contributed by atoms with van der Waals surface area (Å²) < 4.78 is 5.27. The number of hydrogen-bond donors (Lipinski definition) is 2. The van der Waals surface area contributed by atoms with E-state index in [1.54, 1.807) is 18.3 Å². The molecule has 1 fully saturated rings. The molecule has 0 radical (unpaired) electrons. The lowest BCUT2D eigenvalue weighted by atomic mass is 10.2. The van der Waals surface area contributed by atoms with Crippen LogP contribution in [0.25, 0.3) is 0 Å². The molecule has 1 aromatic heterocycles. The van der Waals surface area contributed by atoms with E-state index in [0.29, 0.717) is 37.7 Å². The van der Waals surface area contributed by atoms with E-state index < -0.39 is 17.9 Å². The Bertz CT molecular complexity index is 500. The monoisotopic (exact) mass is 279 g/mol. The van der Waals surface area contributed by atoms with Crippen molar-refractivity contribution in [3.63, 3.8) is 0 Å². The zero-order valence-electron chi connectivity index (χ0n) is 11.2. The number of carbonyl (C=O) groups is 2. The van der Waals surface area contributed by atoms with Crippen LogP contribution >= 0.6 is 0 Å². The van der Waals surface area contributed by atoms with Gasteiger partial charge in [0.2, 0.25) is 0 Å². The lowest BCUT2D eigenvalue weighted by Crippen LogP contribution is -2.41. The van der Waals surface area contributed by atoms with E-state index in [0.717, 1.165) is 0 Å². The summed E-state index contributed by atoms with van der Waals surface area (Å²) in [6, 6.07) is 2.35. The van der Waals surface area contributed by atoms with Crippen molar-refractivity contribution in [2.75, 3.05) is 31.2 Å². The van der Waals surface area contributed by atoms with Crippen molar-refractivity contribution in [1.29, 1.82) is 0 Å². The normalized spacial score (nSPS) is 16.6. The van der Waals surface area contributed by atoms with Crippen molar-refractivity contribution in [2.24, 2.45) is 0 Å². The predicted octanol–water partition coefficient (Wildman–Crippen LogP) is 0.121. The SMILES string of the molecule is C[C@H](NC(=O)c1cccnc1N1CCOCC1)C(=O)O. The van der Waals surface area contributed by atoms with Crippen molar-refractivity contribution in [1.82, 2.24) is 10.3 Å². The summed E-state index contributed by atoms with van der Waals surface area (Å²) in [6.45, 7) is 3.91. The van der Waals surface area contributed by atoms with Gasteiger partial charge in [-0.05, 0) is 19.1 Å². The Morgan fingerprint density at radius 3 is 2.80 bits per heavy atom. The van der Waals surface area contributed by atoms with Crippen molar-refractivity contribution >= 4 is 17.7 Å². The van der Waals surface area contributed by atoms with E-state index in [1.807, 2.05) is 4.90 Å². The minimum absolute atomic E-state index is 0.377. The molecule has 0 unspecified atom stereocenters. The van der Waals surface area contributed by atoms with E-state index in [9.17, 15) is 9.59 Å². The molecule has 20 heavy (non-hydrogen) atoms. The van der Waals surface area contributed by atoms with Crippen LogP contribution in [-0.2, 0) is 9.53 Å². The van der Waals surface area contributed by atoms with Crippen LogP contribution in [0.1, 0.15) is 17.3 Å². The lowest BCUT2D eigenvalue weighted by Gasteiger charge is -2.29. The van der Waals surface area contributed by atoms with E-state index in [1.165, 1.54) is 6.92 Å². The summed E-state index contributed by atoms with van der Waals surface area (Å²) >= 11 is 0. The van der Waals surface area contributed by atoms with Gasteiger partial charge in [0.1, 0.15) is 11.9 Å². The van der Waals surface area contributed by atoms with Crippen LogP contribution in [0.4, 0.5) is 5.82 Å². The first-order chi connectivity index (χ1) is 9.59. The van der Waals surface area contributed by atoms with Gasteiger partial charge in [0.05, 0.1) is 18.8 Å². The Morgan fingerprint density at radius 1 is 1.45 bits per heavy atom. The molecule has 0 bridgehead atoms. The molecule has 1 aliphatic rings. The Balaban J connectivity index is 2.18. The molecule has 1 aliphatic heterocycles. The molecule has 1 saturated heterocycles. The molecule has 1 aromatic rings. The van der Waals surface area contributed by atoms with Gasteiger partial charge in [-0.1, -0.05) is 0 Å². The fourth-order valence-electron chi connectivity index (χ4n) is 1.94. The van der Waals surface area contributed by atoms with Crippen molar-refractivity contribution in [3.8, 4) is 0 Å². The van der Waals surface area contributed by atoms with Gasteiger partial charge in [0.15, 0.2) is 0 Å². The van der Waals surface area contributed by atoms with Gasteiger partial charge in [-0.2, -0.15) is 0 Å². The minimum Gasteiger partial charge on any atom is -0.480 e. The molecule has 2 rings (SSSR count). The molecule has 7 heteroatoms. The highest BCUT2D eigenvalue weighted by Crippen LogP contribution is 2.18. The zero-order chi connectivity index (χ0) is 14.5. The highest BCUT2D eigenvalue weighted by atomic mass is 16.5. The minimum atomic E-state index is -1.07. The molecule has 0 aliphatic carbocycles. The van der Waals surface area contributed by atoms with E-state index in [2.05, 4.69) is 10.3 Å². The number of ether oxygens (including phenoxy) is 1. The second kappa shape index (κ2) is 6.33. The number of aromatic nitrogens is 1. The number of amides is 1. The number of pyridine rings is 1. The summed E-state index contributed by atoms with van der Waals surface area (Å²) in [7, 11) is 0. The number of rotatable bonds is 4. The number of carboxylic acid groups (broad SMARTS) is 1. The second-order valence-corrected chi connectivity index (χ2v) is 4.51. The predicted molar refractivity (Wildman–Crippen MR) is 71.8 cm³/mol. The molecule has 7 nitrogen and oxygen atoms in total. The fourth-order valence-corrected chi connectivity index (χ4v) is 1.94. The topological polar surface area (TPSA) is 91.8 Å². The molecule has 0 spiro atoms. The van der Waals surface area contributed by atoms with Gasteiger partial charge in [-0.25, -0.2) is 4.98 Å². The first kappa shape index (κ1) is 14.3. The molecule has 1 atom stereocenters. The van der Waals surface area contributed by atoms with E-state index in [-0.39, 0.29) is 0 Å². The van der Waals surface area contributed by atoms with Crippen LogP contribution in [-0.4, -0.2) is 54.3 Å². The third-order valence-electron chi connectivity index (χ3n) is 3.06. The summed E-state index contributed by atoms with van der Waals surface area (Å²) in [5.41, 5.74) is 0.377. The van der Waals surface area contributed by atoms with Gasteiger partial charge >= 0.3 is 5.97 Å². The van der Waals surface area contributed by atoms with Crippen molar-refractivity contribution < 1.29 is 19.4 Å². The summed E-state index contributed by atoms with van der Waals surface area (Å²) in [6.07, 6.45) is 1.61. The number of nitrogens with zero attached hydrogens (tertiary/aromatic N) is 2. The quantitative estimate of drug-likeness (QED) is 0.813. The maximum Gasteiger partial charge on any atom is 0.325 e. The van der Waals surface area contributed by atoms with Gasteiger partial charge in [-0.3, -0.25) is 9.59 Å². The average molecular weight is 279 g/mol. The van der Waals surface area contributed by atoms with Gasteiger partial charge in [-0.15, -0.1) is 0 Å². The molecule has 0 aromatic carbocycles. The molecule has 0 saturated carbocycles. The molecule has 1 amide bonds. The van der Waals surface area contributed by atoms with E-state index >= 15 is 0 Å². The van der Waals surface area contributed by atoms with Crippen LogP contribution in [0.3, 0.4) is 0 Å². The van der Waals surface area contributed by atoms with E-state index in [4.69, 9.17) is 9.84 Å². The van der Waals surface area contributed by atoms with Crippen molar-refractivity contribution in [2.45, 2.75) is 13.0 Å². The number of nitrogens with one attached hydrogen (secondary N) is 1. The van der Waals surface area contributed by atoms with Crippen LogP contribution in [0.15, 0.2) is 18.3 Å². The van der Waals surface area contributed by atoms with Crippen molar-refractivity contribution in [3.05, 3.63) is 23.9 Å². The number of hydrogen-bond acceptors (Lipinski definition) is 5. The van der Waals surface area contributed by atoms with Crippen LogP contribution in [0.2, 0.25) is 0 Å². The van der Waals surface area contributed by atoms with Crippen LogP contribution in [0, 0.1) is 0 Å². The van der Waals surface area contributed by atoms with Gasteiger partial charge in [0.25, 0.3) is 5.91 Å². The third kappa shape index (κ3) is 3.24. The molecule has 2 heterocycles. The molecule has 108 valence electrons. The first-order valence-electron chi connectivity index (χ1n) is 6.41. The number of morpholine rings is 1. The van der Waals surface area contributed by atoms with Gasteiger partial charge < -0.3 is 20.1 Å². The largest absolute Gasteiger partial charge is 0.480 e. The van der Waals surface area contributed by atoms with Crippen LogP contribution in [0.5, 0.6) is 0 Å². The number of carboxylic acids is 1. The third-order valence-corrected chi connectivity index (χ3v) is 3.06. The Morgan fingerprint density at radius 2 is 2.15 bits per heavy atom. The lowest BCUT2D eigenvalue weighted by molar-refractivity contribution is -0.138. The summed E-state index contributed by atoms with van der Waals surface area (Å²) in [4.78, 5) is 29.1. The maximum atomic E-state index is 12.2. The number of aliphatic carboxylic acids is 1. The van der Waals surface area contributed by atoms with Crippen LogP contribution < -0.4 is 10.2 Å². The smallest absolute Gasteiger partial charge is 0.325 e. The Labute approximate surface area is 116 Å². The highest BCUT2D eigenvalue weighted by Gasteiger charge is 2.22. The number of carbonyl (C=O) groups excluding carboxylic acids is 1. The van der Waals surface area contributed by atoms with Gasteiger partial charge in [0, 0.05) is 19.3 Å². The second-order valence-electron chi connectivity index (χ2n) is 4.51. The maximum absolute atomic E-state index is 12.2. The summed E-state index contributed by atoms with van der Waals surface area (Å²) in [5, 5.41) is 11.3. The Hall–Kier alpha value is -2.15. The average Bonchev–Trinajstić information content (AvgIpc) is 2.48. The Kier molecular flexibility index (Phi) is 4.52. The summed E-state index contributed by atoms with van der Waals surface area (Å²) in [5.74, 6) is -0.949. The fraction of sp³-hybridized carbons (Fsp3) is 0.462.